The molecule has 0 fully saturated rings. The van der Waals surface area contributed by atoms with Crippen molar-refractivity contribution in [2.45, 2.75) is 13.0 Å². The van der Waals surface area contributed by atoms with Crippen LogP contribution in [0.25, 0.3) is 6.08 Å². The molecule has 2 N–H and O–H groups in total. The van der Waals surface area contributed by atoms with Gasteiger partial charge in [0.05, 0.1) is 6.42 Å². The summed E-state index contributed by atoms with van der Waals surface area (Å²) in [4.78, 5) is 10.2. The maximum atomic E-state index is 10.2. The molecule has 0 atom stereocenters. The van der Waals surface area contributed by atoms with Gasteiger partial charge in [0.2, 0.25) is 0 Å². The van der Waals surface area contributed by atoms with Crippen molar-refractivity contribution in [3.63, 3.8) is 0 Å². The standard InChI is InChI=1S/C9H9N.C8H8O2/c1-2-4-9-7-10-6-5-8(9)3-1;9-8(10)6-7-4-2-1-3-5-7/h1-6,10H,7H2;1-5H,6H2,(H,9,10). The first kappa shape index (κ1) is 13.9. The predicted molar refractivity (Wildman–Crippen MR) is 80.1 cm³/mol. The van der Waals surface area contributed by atoms with Gasteiger partial charge in [-0.3, -0.25) is 4.79 Å². The second-order valence-corrected chi connectivity index (χ2v) is 4.47. The second kappa shape index (κ2) is 7.14. The van der Waals surface area contributed by atoms with Gasteiger partial charge in [0, 0.05) is 6.54 Å². The zero-order valence-corrected chi connectivity index (χ0v) is 11.1. The van der Waals surface area contributed by atoms with Crippen LogP contribution in [0.15, 0.2) is 60.8 Å². The van der Waals surface area contributed by atoms with Crippen LogP contribution in [0.3, 0.4) is 0 Å². The Bertz CT molecular complexity index is 591. The molecule has 0 amide bonds. The highest BCUT2D eigenvalue weighted by atomic mass is 16.4. The first-order valence-corrected chi connectivity index (χ1v) is 6.49. The first-order valence-electron chi connectivity index (χ1n) is 6.49. The number of aliphatic carboxylic acids is 1. The lowest BCUT2D eigenvalue weighted by Gasteiger charge is -2.10. The summed E-state index contributed by atoms with van der Waals surface area (Å²) >= 11 is 0. The van der Waals surface area contributed by atoms with E-state index in [4.69, 9.17) is 5.11 Å². The fourth-order valence-corrected chi connectivity index (χ4v) is 1.95. The summed E-state index contributed by atoms with van der Waals surface area (Å²) in [5, 5.41) is 11.5. The number of hydrogen-bond donors (Lipinski definition) is 2. The van der Waals surface area contributed by atoms with Gasteiger partial charge in [0.15, 0.2) is 0 Å². The monoisotopic (exact) mass is 267 g/mol. The summed E-state index contributed by atoms with van der Waals surface area (Å²) < 4.78 is 0. The average Bonchev–Trinajstić information content (AvgIpc) is 2.48. The molecule has 1 aliphatic heterocycles. The van der Waals surface area contributed by atoms with Crippen LogP contribution in [-0.4, -0.2) is 11.1 Å². The van der Waals surface area contributed by atoms with Gasteiger partial charge in [-0.05, 0) is 29.0 Å². The van der Waals surface area contributed by atoms with Gasteiger partial charge in [0.1, 0.15) is 0 Å². The molecule has 3 nitrogen and oxygen atoms in total. The zero-order chi connectivity index (χ0) is 14.2. The van der Waals surface area contributed by atoms with Crippen molar-refractivity contribution < 1.29 is 9.90 Å². The number of rotatable bonds is 2. The minimum absolute atomic E-state index is 0.112. The van der Waals surface area contributed by atoms with Crippen molar-refractivity contribution in [1.82, 2.24) is 5.32 Å². The normalized spacial score (nSPS) is 11.6. The molecule has 1 heterocycles. The highest BCUT2D eigenvalue weighted by Crippen LogP contribution is 2.12. The largest absolute Gasteiger partial charge is 0.481 e. The molecule has 0 bridgehead atoms. The van der Waals surface area contributed by atoms with Crippen molar-refractivity contribution in [3.05, 3.63) is 77.5 Å². The molecule has 1 aliphatic rings. The predicted octanol–water partition coefficient (Wildman–Crippen LogP) is 3.07. The third-order valence-electron chi connectivity index (χ3n) is 2.93. The van der Waals surface area contributed by atoms with Gasteiger partial charge in [-0.2, -0.15) is 0 Å². The van der Waals surface area contributed by atoms with Gasteiger partial charge >= 0.3 is 5.97 Å². The van der Waals surface area contributed by atoms with E-state index in [1.54, 1.807) is 12.1 Å². The number of carboxylic acid groups (broad SMARTS) is 1. The fourth-order valence-electron chi connectivity index (χ4n) is 1.95. The minimum Gasteiger partial charge on any atom is -0.481 e. The maximum absolute atomic E-state index is 10.2. The Balaban J connectivity index is 0.000000147. The molecule has 20 heavy (non-hydrogen) atoms. The Labute approximate surface area is 118 Å². The minimum atomic E-state index is -0.786. The van der Waals surface area contributed by atoms with E-state index in [1.807, 2.05) is 24.4 Å². The Morgan fingerprint density at radius 1 is 1.05 bits per heavy atom. The summed E-state index contributed by atoms with van der Waals surface area (Å²) in [5.74, 6) is -0.786. The molecule has 0 saturated heterocycles. The lowest BCUT2D eigenvalue weighted by atomic mass is 10.1. The Morgan fingerprint density at radius 2 is 1.75 bits per heavy atom. The number of hydrogen-bond acceptors (Lipinski definition) is 2. The molecule has 0 saturated carbocycles. The molecular formula is C17H17NO2. The van der Waals surface area contributed by atoms with Crippen LogP contribution < -0.4 is 5.32 Å². The topological polar surface area (TPSA) is 49.3 Å². The summed E-state index contributed by atoms with van der Waals surface area (Å²) in [5.41, 5.74) is 3.56. The third kappa shape index (κ3) is 4.28. The molecule has 2 aromatic carbocycles. The molecule has 0 aliphatic carbocycles. The van der Waals surface area contributed by atoms with E-state index < -0.39 is 5.97 Å². The third-order valence-corrected chi connectivity index (χ3v) is 2.93. The van der Waals surface area contributed by atoms with Crippen LogP contribution in [0.5, 0.6) is 0 Å². The van der Waals surface area contributed by atoms with Crippen molar-refractivity contribution in [2.24, 2.45) is 0 Å². The Kier molecular flexibility index (Phi) is 4.95. The quantitative estimate of drug-likeness (QED) is 0.879. The van der Waals surface area contributed by atoms with Crippen LogP contribution in [0, 0.1) is 0 Å². The molecule has 0 radical (unpaired) electrons. The van der Waals surface area contributed by atoms with E-state index in [1.165, 1.54) is 11.1 Å². The van der Waals surface area contributed by atoms with E-state index in [0.29, 0.717) is 0 Å². The number of carbonyl (C=O) groups is 1. The molecule has 3 rings (SSSR count). The summed E-state index contributed by atoms with van der Waals surface area (Å²) in [6.07, 6.45) is 4.20. The maximum Gasteiger partial charge on any atom is 0.307 e. The molecular weight excluding hydrogens is 250 g/mol. The summed E-state index contributed by atoms with van der Waals surface area (Å²) in [6, 6.07) is 17.5. The van der Waals surface area contributed by atoms with Gasteiger partial charge in [0.25, 0.3) is 0 Å². The highest BCUT2D eigenvalue weighted by molar-refractivity contribution is 5.70. The zero-order valence-electron chi connectivity index (χ0n) is 11.1. The Hall–Kier alpha value is -2.55. The van der Waals surface area contributed by atoms with Gasteiger partial charge < -0.3 is 10.4 Å². The molecule has 0 unspecified atom stereocenters. The van der Waals surface area contributed by atoms with Gasteiger partial charge in [-0.1, -0.05) is 54.6 Å². The van der Waals surface area contributed by atoms with E-state index in [9.17, 15) is 4.79 Å². The van der Waals surface area contributed by atoms with Crippen molar-refractivity contribution in [1.29, 1.82) is 0 Å². The smallest absolute Gasteiger partial charge is 0.307 e. The summed E-state index contributed by atoms with van der Waals surface area (Å²) in [7, 11) is 0. The van der Waals surface area contributed by atoms with E-state index in [0.717, 1.165) is 12.1 Å². The van der Waals surface area contributed by atoms with E-state index in [-0.39, 0.29) is 6.42 Å². The lowest BCUT2D eigenvalue weighted by molar-refractivity contribution is -0.136. The van der Waals surface area contributed by atoms with Crippen LogP contribution in [0.4, 0.5) is 0 Å². The molecule has 0 aromatic heterocycles. The van der Waals surface area contributed by atoms with Crippen LogP contribution in [-0.2, 0) is 17.8 Å². The SMILES string of the molecule is C1=Cc2ccccc2CN1.O=C(O)Cc1ccccc1. The van der Waals surface area contributed by atoms with Crippen molar-refractivity contribution in [3.8, 4) is 0 Å². The van der Waals surface area contributed by atoms with Crippen LogP contribution in [0.2, 0.25) is 0 Å². The first-order chi connectivity index (χ1) is 9.75. The highest BCUT2D eigenvalue weighted by Gasteiger charge is 1.99. The summed E-state index contributed by atoms with van der Waals surface area (Å²) in [6.45, 7) is 0.965. The number of fused-ring (bicyclic) bond motifs is 1. The number of carboxylic acids is 1. The second-order valence-electron chi connectivity index (χ2n) is 4.47. The molecule has 102 valence electrons. The van der Waals surface area contributed by atoms with E-state index >= 15 is 0 Å². The van der Waals surface area contributed by atoms with E-state index in [2.05, 4.69) is 35.7 Å². The fraction of sp³-hybridized carbons (Fsp3) is 0.118. The Morgan fingerprint density at radius 3 is 2.45 bits per heavy atom. The molecule has 3 heteroatoms. The molecule has 2 aromatic rings. The van der Waals surface area contributed by atoms with Crippen molar-refractivity contribution >= 4 is 12.0 Å². The number of nitrogens with one attached hydrogen (secondary N) is 1. The number of benzene rings is 2. The van der Waals surface area contributed by atoms with Gasteiger partial charge in [-0.25, -0.2) is 0 Å². The average molecular weight is 267 g/mol. The van der Waals surface area contributed by atoms with Crippen molar-refractivity contribution in [2.75, 3.05) is 0 Å². The lowest BCUT2D eigenvalue weighted by Crippen LogP contribution is -2.09. The molecule has 0 spiro atoms. The van der Waals surface area contributed by atoms with Gasteiger partial charge in [-0.15, -0.1) is 0 Å². The van der Waals surface area contributed by atoms with Crippen LogP contribution in [0.1, 0.15) is 16.7 Å². The van der Waals surface area contributed by atoms with Crippen LogP contribution >= 0.6 is 0 Å².